The van der Waals surface area contributed by atoms with Crippen LogP contribution in [0, 0.1) is 0 Å². The van der Waals surface area contributed by atoms with Crippen molar-refractivity contribution in [2.75, 3.05) is 13.1 Å². The van der Waals surface area contributed by atoms with Gasteiger partial charge in [-0.15, -0.1) is 0 Å². The molecule has 132 valence electrons. The summed E-state index contributed by atoms with van der Waals surface area (Å²) >= 11 is 0. The molecular formula is C12H21N3O8. The van der Waals surface area contributed by atoms with Crippen molar-refractivity contribution in [1.29, 1.82) is 0 Å². The normalized spacial score (nSPS) is 30.4. The lowest BCUT2D eigenvalue weighted by Gasteiger charge is -2.38. The van der Waals surface area contributed by atoms with Crippen LogP contribution < -0.4 is 16.0 Å². The van der Waals surface area contributed by atoms with E-state index in [4.69, 9.17) is 0 Å². The molecule has 1 aliphatic heterocycles. The summed E-state index contributed by atoms with van der Waals surface area (Å²) in [6.45, 7) is 0.854. The van der Waals surface area contributed by atoms with Crippen molar-refractivity contribution in [3.8, 4) is 0 Å². The molecule has 0 aromatic heterocycles. The van der Waals surface area contributed by atoms with Crippen LogP contribution in [0.2, 0.25) is 0 Å². The van der Waals surface area contributed by atoms with Crippen LogP contribution in [0.15, 0.2) is 0 Å². The fraction of sp³-hybridized carbons (Fsp3) is 0.750. The van der Waals surface area contributed by atoms with E-state index < -0.39 is 49.2 Å². The predicted molar refractivity (Wildman–Crippen MR) is 73.4 cm³/mol. The van der Waals surface area contributed by atoms with E-state index in [2.05, 4.69) is 20.7 Å². The Kier molecular flexibility index (Phi) is 7.32. The molecule has 0 spiro atoms. The SMILES string of the molecule is CCC(=O)NCC(=O)NCC(=O)NC1C(O)OC(O)C(O)C1O. The number of carbonyl (C=O) groups is 3. The quantitative estimate of drug-likeness (QED) is 0.254. The third-order valence-corrected chi connectivity index (χ3v) is 3.14. The molecule has 1 fully saturated rings. The summed E-state index contributed by atoms with van der Waals surface area (Å²) in [5, 5.41) is 44.5. The number of hydrogen-bond donors (Lipinski definition) is 7. The van der Waals surface area contributed by atoms with Gasteiger partial charge in [-0.1, -0.05) is 6.92 Å². The zero-order valence-corrected chi connectivity index (χ0v) is 12.4. The molecule has 1 aliphatic rings. The van der Waals surface area contributed by atoms with Crippen LogP contribution in [0.1, 0.15) is 13.3 Å². The van der Waals surface area contributed by atoms with Crippen molar-refractivity contribution in [3.05, 3.63) is 0 Å². The van der Waals surface area contributed by atoms with Gasteiger partial charge in [0.1, 0.15) is 18.2 Å². The Labute approximate surface area is 131 Å². The lowest BCUT2D eigenvalue weighted by Crippen LogP contribution is -2.64. The van der Waals surface area contributed by atoms with Gasteiger partial charge in [-0.05, 0) is 0 Å². The molecule has 7 N–H and O–H groups in total. The molecule has 0 radical (unpaired) electrons. The third kappa shape index (κ3) is 5.73. The molecule has 0 aromatic rings. The molecule has 0 saturated carbocycles. The van der Waals surface area contributed by atoms with Gasteiger partial charge in [-0.25, -0.2) is 0 Å². The van der Waals surface area contributed by atoms with E-state index in [-0.39, 0.29) is 18.9 Å². The van der Waals surface area contributed by atoms with Crippen molar-refractivity contribution >= 4 is 17.7 Å². The average Bonchev–Trinajstić information content (AvgIpc) is 2.52. The summed E-state index contributed by atoms with van der Waals surface area (Å²) in [6.07, 6.45) is -6.65. The van der Waals surface area contributed by atoms with Crippen molar-refractivity contribution in [2.24, 2.45) is 0 Å². The first-order valence-electron chi connectivity index (χ1n) is 6.96. The Balaban J connectivity index is 2.38. The molecule has 0 aromatic carbocycles. The van der Waals surface area contributed by atoms with Crippen molar-refractivity contribution in [2.45, 2.75) is 44.2 Å². The highest BCUT2D eigenvalue weighted by Crippen LogP contribution is 2.18. The predicted octanol–water partition coefficient (Wildman–Crippen LogP) is -4.50. The van der Waals surface area contributed by atoms with Crippen LogP contribution in [-0.4, -0.2) is 82.1 Å². The minimum atomic E-state index is -1.78. The van der Waals surface area contributed by atoms with Gasteiger partial charge in [0.05, 0.1) is 13.1 Å². The molecule has 1 saturated heterocycles. The lowest BCUT2D eigenvalue weighted by atomic mass is 10.0. The van der Waals surface area contributed by atoms with Gasteiger partial charge in [-0.3, -0.25) is 14.4 Å². The third-order valence-electron chi connectivity index (χ3n) is 3.14. The highest BCUT2D eigenvalue weighted by Gasteiger charge is 2.43. The van der Waals surface area contributed by atoms with E-state index in [1.165, 1.54) is 0 Å². The second-order valence-electron chi connectivity index (χ2n) is 4.90. The Morgan fingerprint density at radius 1 is 0.870 bits per heavy atom. The smallest absolute Gasteiger partial charge is 0.239 e. The lowest BCUT2D eigenvalue weighted by molar-refractivity contribution is -0.303. The molecule has 0 aliphatic carbocycles. The number of carbonyl (C=O) groups excluding carboxylic acids is 3. The zero-order chi connectivity index (χ0) is 17.6. The standard InChI is InChI=1S/C12H21N3O8/c1-2-5(16)13-3-6(17)14-4-7(18)15-8-9(19)10(20)12(22)23-11(8)21/h8-12,19-22H,2-4H2,1H3,(H,13,16)(H,14,17)(H,15,18). The largest absolute Gasteiger partial charge is 0.388 e. The molecule has 1 heterocycles. The summed E-state index contributed by atoms with van der Waals surface area (Å²) in [5.41, 5.74) is 0. The number of nitrogens with one attached hydrogen (secondary N) is 3. The van der Waals surface area contributed by atoms with Gasteiger partial charge < -0.3 is 41.1 Å². The Bertz CT molecular complexity index is 446. The van der Waals surface area contributed by atoms with E-state index in [0.717, 1.165) is 0 Å². The fourth-order valence-corrected chi connectivity index (χ4v) is 1.80. The van der Waals surface area contributed by atoms with Crippen molar-refractivity contribution in [3.63, 3.8) is 0 Å². The first-order valence-corrected chi connectivity index (χ1v) is 6.96. The van der Waals surface area contributed by atoms with Crippen LogP contribution >= 0.6 is 0 Å². The summed E-state index contributed by atoms with van der Waals surface area (Å²) in [5.74, 6) is -1.68. The average molecular weight is 335 g/mol. The van der Waals surface area contributed by atoms with Crippen LogP contribution in [0.4, 0.5) is 0 Å². The van der Waals surface area contributed by atoms with E-state index in [1.807, 2.05) is 0 Å². The fourth-order valence-electron chi connectivity index (χ4n) is 1.80. The van der Waals surface area contributed by atoms with Crippen molar-refractivity contribution in [1.82, 2.24) is 16.0 Å². The van der Waals surface area contributed by atoms with Crippen LogP contribution in [0.25, 0.3) is 0 Å². The highest BCUT2D eigenvalue weighted by atomic mass is 16.7. The van der Waals surface area contributed by atoms with Crippen LogP contribution in [0.5, 0.6) is 0 Å². The van der Waals surface area contributed by atoms with Gasteiger partial charge >= 0.3 is 0 Å². The number of ether oxygens (including phenoxy) is 1. The van der Waals surface area contributed by atoms with E-state index in [9.17, 15) is 34.8 Å². The zero-order valence-electron chi connectivity index (χ0n) is 12.4. The molecule has 5 unspecified atom stereocenters. The maximum Gasteiger partial charge on any atom is 0.239 e. The summed E-state index contributed by atoms with van der Waals surface area (Å²) in [6, 6.07) is -1.38. The summed E-state index contributed by atoms with van der Waals surface area (Å²) < 4.78 is 4.54. The summed E-state index contributed by atoms with van der Waals surface area (Å²) in [4.78, 5) is 34.0. The molecule has 0 bridgehead atoms. The van der Waals surface area contributed by atoms with Gasteiger partial charge in [0, 0.05) is 6.42 Å². The Morgan fingerprint density at radius 3 is 2.04 bits per heavy atom. The highest BCUT2D eigenvalue weighted by molar-refractivity contribution is 5.88. The van der Waals surface area contributed by atoms with Gasteiger partial charge in [-0.2, -0.15) is 0 Å². The van der Waals surface area contributed by atoms with E-state index in [0.29, 0.717) is 0 Å². The maximum atomic E-state index is 11.7. The van der Waals surface area contributed by atoms with Gasteiger partial charge in [0.2, 0.25) is 17.7 Å². The molecule has 1 rings (SSSR count). The Morgan fingerprint density at radius 2 is 1.43 bits per heavy atom. The number of aliphatic hydroxyl groups excluding tert-OH is 4. The monoisotopic (exact) mass is 335 g/mol. The number of amides is 3. The van der Waals surface area contributed by atoms with Crippen LogP contribution in [0.3, 0.4) is 0 Å². The van der Waals surface area contributed by atoms with E-state index in [1.54, 1.807) is 6.92 Å². The number of aliphatic hydroxyl groups is 4. The molecule has 5 atom stereocenters. The Hall–Kier alpha value is -1.79. The first-order chi connectivity index (χ1) is 10.8. The van der Waals surface area contributed by atoms with Crippen molar-refractivity contribution < 1.29 is 39.5 Å². The molecule has 3 amide bonds. The summed E-state index contributed by atoms with van der Waals surface area (Å²) in [7, 11) is 0. The molecule has 23 heavy (non-hydrogen) atoms. The molecule has 11 nitrogen and oxygen atoms in total. The molecule has 11 heteroatoms. The first kappa shape index (κ1) is 19.3. The van der Waals surface area contributed by atoms with Crippen LogP contribution in [-0.2, 0) is 19.1 Å². The number of rotatable bonds is 6. The van der Waals surface area contributed by atoms with E-state index >= 15 is 0 Å². The molecular weight excluding hydrogens is 314 g/mol. The second kappa shape index (κ2) is 8.74. The number of hydrogen-bond acceptors (Lipinski definition) is 8. The van der Waals surface area contributed by atoms with Gasteiger partial charge in [0.15, 0.2) is 12.6 Å². The minimum Gasteiger partial charge on any atom is -0.388 e. The second-order valence-corrected chi connectivity index (χ2v) is 4.90. The maximum absolute atomic E-state index is 11.7. The van der Waals surface area contributed by atoms with Gasteiger partial charge in [0.25, 0.3) is 0 Å². The topological polar surface area (TPSA) is 177 Å². The minimum absolute atomic E-state index is 0.222.